The maximum absolute atomic E-state index is 11.4. The molecular weight excluding hydrogens is 226 g/mol. The lowest BCUT2D eigenvalue weighted by Crippen LogP contribution is -2.35. The molecule has 0 amide bonds. The zero-order valence-corrected chi connectivity index (χ0v) is 9.51. The molecule has 0 aliphatic rings. The molecule has 0 saturated carbocycles. The Morgan fingerprint density at radius 3 is 2.88 bits per heavy atom. The topological polar surface area (TPSA) is 107 Å². The smallest absolute Gasteiger partial charge is 0.344 e. The maximum atomic E-state index is 11.4. The van der Waals surface area contributed by atoms with Gasteiger partial charge in [-0.3, -0.25) is 4.79 Å². The molecule has 0 aromatic carbocycles. The number of rotatable bonds is 6. The summed E-state index contributed by atoms with van der Waals surface area (Å²) in [6.45, 7) is 1.50. The molecule has 0 saturated heterocycles. The standard InChI is InChI=1S/C10H15N3O4/c1-2-16-9(14)5-17-10(15)8(11)3-7-4-12-6-13-7/h4,6,8H,2-3,5,11H2,1H3,(H,12,13)/t8-/m0/s1. The number of nitrogens with one attached hydrogen (secondary N) is 1. The van der Waals surface area contributed by atoms with Gasteiger partial charge in [0.1, 0.15) is 6.04 Å². The van der Waals surface area contributed by atoms with Gasteiger partial charge in [0.25, 0.3) is 0 Å². The van der Waals surface area contributed by atoms with Gasteiger partial charge in [-0.15, -0.1) is 0 Å². The first-order chi connectivity index (χ1) is 8.13. The number of ether oxygens (including phenoxy) is 2. The number of H-pyrrole nitrogens is 1. The average molecular weight is 241 g/mol. The van der Waals surface area contributed by atoms with Crippen molar-refractivity contribution in [2.24, 2.45) is 5.73 Å². The second kappa shape index (κ2) is 6.64. The summed E-state index contributed by atoms with van der Waals surface area (Å²) in [5.41, 5.74) is 6.32. The van der Waals surface area contributed by atoms with Crippen LogP contribution >= 0.6 is 0 Å². The lowest BCUT2D eigenvalue weighted by atomic mass is 10.2. The van der Waals surface area contributed by atoms with Gasteiger partial charge in [0.05, 0.1) is 12.9 Å². The van der Waals surface area contributed by atoms with E-state index >= 15 is 0 Å². The predicted molar refractivity (Wildman–Crippen MR) is 57.9 cm³/mol. The van der Waals surface area contributed by atoms with Crippen LogP contribution in [0.5, 0.6) is 0 Å². The Balaban J connectivity index is 2.29. The second-order valence-corrected chi connectivity index (χ2v) is 3.30. The van der Waals surface area contributed by atoms with Gasteiger partial charge in [-0.1, -0.05) is 0 Å². The van der Waals surface area contributed by atoms with Crippen molar-refractivity contribution in [1.29, 1.82) is 0 Å². The summed E-state index contributed by atoms with van der Waals surface area (Å²) >= 11 is 0. The van der Waals surface area contributed by atoms with Crippen molar-refractivity contribution in [2.75, 3.05) is 13.2 Å². The normalized spacial score (nSPS) is 11.9. The van der Waals surface area contributed by atoms with Crippen molar-refractivity contribution >= 4 is 11.9 Å². The molecule has 0 aliphatic carbocycles. The Bertz CT molecular complexity index is 364. The third kappa shape index (κ3) is 4.64. The van der Waals surface area contributed by atoms with Gasteiger partial charge < -0.3 is 20.2 Å². The summed E-state index contributed by atoms with van der Waals surface area (Å²) in [6, 6.07) is -0.829. The molecule has 0 bridgehead atoms. The maximum Gasteiger partial charge on any atom is 0.344 e. The first kappa shape index (κ1) is 13.2. The van der Waals surface area contributed by atoms with Gasteiger partial charge in [0.15, 0.2) is 6.61 Å². The van der Waals surface area contributed by atoms with Crippen LogP contribution in [-0.2, 0) is 25.5 Å². The monoisotopic (exact) mass is 241 g/mol. The van der Waals surface area contributed by atoms with E-state index in [-0.39, 0.29) is 13.0 Å². The minimum atomic E-state index is -0.829. The van der Waals surface area contributed by atoms with E-state index in [1.165, 1.54) is 6.33 Å². The minimum Gasteiger partial charge on any atom is -0.463 e. The van der Waals surface area contributed by atoms with Crippen molar-refractivity contribution in [3.8, 4) is 0 Å². The fraction of sp³-hybridized carbons (Fsp3) is 0.500. The Morgan fingerprint density at radius 1 is 1.53 bits per heavy atom. The van der Waals surface area contributed by atoms with Gasteiger partial charge in [0.2, 0.25) is 0 Å². The Labute approximate surface area is 98.3 Å². The van der Waals surface area contributed by atoms with Crippen LogP contribution in [0.2, 0.25) is 0 Å². The summed E-state index contributed by atoms with van der Waals surface area (Å²) in [5, 5.41) is 0. The van der Waals surface area contributed by atoms with Crippen LogP contribution in [0.25, 0.3) is 0 Å². The van der Waals surface area contributed by atoms with Crippen LogP contribution in [0, 0.1) is 0 Å². The highest BCUT2D eigenvalue weighted by Crippen LogP contribution is 1.98. The number of nitrogens with zero attached hydrogens (tertiary/aromatic N) is 1. The third-order valence-electron chi connectivity index (χ3n) is 1.94. The molecule has 1 heterocycles. The van der Waals surface area contributed by atoms with E-state index < -0.39 is 24.6 Å². The fourth-order valence-corrected chi connectivity index (χ4v) is 1.16. The molecule has 17 heavy (non-hydrogen) atoms. The van der Waals surface area contributed by atoms with E-state index in [2.05, 4.69) is 14.7 Å². The molecule has 1 atom stereocenters. The average Bonchev–Trinajstić information content (AvgIpc) is 2.79. The SMILES string of the molecule is CCOC(=O)COC(=O)[C@@H](N)Cc1cnc[nH]1. The van der Waals surface area contributed by atoms with E-state index in [1.807, 2.05) is 0 Å². The molecule has 94 valence electrons. The molecule has 1 rings (SSSR count). The number of nitrogens with two attached hydrogens (primary N) is 1. The summed E-state index contributed by atoms with van der Waals surface area (Å²) in [7, 11) is 0. The fourth-order valence-electron chi connectivity index (χ4n) is 1.16. The zero-order chi connectivity index (χ0) is 12.7. The molecule has 0 radical (unpaired) electrons. The molecule has 1 aromatic heterocycles. The predicted octanol–water partition coefficient (Wildman–Crippen LogP) is -0.614. The molecule has 3 N–H and O–H groups in total. The van der Waals surface area contributed by atoms with Gasteiger partial charge in [0, 0.05) is 18.3 Å². The number of carbonyl (C=O) groups excluding carboxylic acids is 2. The molecule has 0 aliphatic heterocycles. The number of hydrogen-bond acceptors (Lipinski definition) is 6. The highest BCUT2D eigenvalue weighted by atomic mass is 16.6. The van der Waals surface area contributed by atoms with Gasteiger partial charge in [-0.05, 0) is 6.92 Å². The molecule has 7 heteroatoms. The highest BCUT2D eigenvalue weighted by Gasteiger charge is 2.17. The van der Waals surface area contributed by atoms with E-state index in [1.54, 1.807) is 13.1 Å². The van der Waals surface area contributed by atoms with Crippen LogP contribution < -0.4 is 5.73 Å². The minimum absolute atomic E-state index is 0.247. The van der Waals surface area contributed by atoms with Gasteiger partial charge in [-0.25, -0.2) is 9.78 Å². The van der Waals surface area contributed by atoms with E-state index in [9.17, 15) is 9.59 Å². The van der Waals surface area contributed by atoms with E-state index in [4.69, 9.17) is 10.5 Å². The van der Waals surface area contributed by atoms with E-state index in [0.717, 1.165) is 5.69 Å². The molecule has 1 aromatic rings. The molecule has 0 fully saturated rings. The Hall–Kier alpha value is -1.89. The number of hydrogen-bond donors (Lipinski definition) is 2. The van der Waals surface area contributed by atoms with Crippen molar-refractivity contribution in [1.82, 2.24) is 9.97 Å². The summed E-state index contributed by atoms with van der Waals surface area (Å²) in [4.78, 5) is 28.9. The van der Waals surface area contributed by atoms with Crippen LogP contribution in [-0.4, -0.2) is 41.2 Å². The molecule has 0 spiro atoms. The molecular formula is C10H15N3O4. The van der Waals surface area contributed by atoms with Crippen molar-refractivity contribution in [3.05, 3.63) is 18.2 Å². The van der Waals surface area contributed by atoms with Gasteiger partial charge >= 0.3 is 11.9 Å². The number of imidazole rings is 1. The van der Waals surface area contributed by atoms with Crippen molar-refractivity contribution in [3.63, 3.8) is 0 Å². The van der Waals surface area contributed by atoms with E-state index in [0.29, 0.717) is 0 Å². The van der Waals surface area contributed by atoms with Gasteiger partial charge in [-0.2, -0.15) is 0 Å². The lowest BCUT2D eigenvalue weighted by Gasteiger charge is -2.09. The number of esters is 2. The molecule has 7 nitrogen and oxygen atoms in total. The second-order valence-electron chi connectivity index (χ2n) is 3.30. The first-order valence-corrected chi connectivity index (χ1v) is 5.18. The summed E-state index contributed by atoms with van der Waals surface area (Å²) in [5.74, 6) is -1.23. The summed E-state index contributed by atoms with van der Waals surface area (Å²) in [6.07, 6.45) is 3.34. The number of aromatic amines is 1. The first-order valence-electron chi connectivity index (χ1n) is 5.18. The zero-order valence-electron chi connectivity index (χ0n) is 9.51. The largest absolute Gasteiger partial charge is 0.463 e. The van der Waals surface area contributed by atoms with Crippen LogP contribution in [0.15, 0.2) is 12.5 Å². The quantitative estimate of drug-likeness (QED) is 0.643. The van der Waals surface area contributed by atoms with Crippen LogP contribution in [0.4, 0.5) is 0 Å². The summed E-state index contributed by atoms with van der Waals surface area (Å²) < 4.78 is 9.30. The van der Waals surface area contributed by atoms with Crippen molar-refractivity contribution in [2.45, 2.75) is 19.4 Å². The molecule has 0 unspecified atom stereocenters. The number of carbonyl (C=O) groups is 2. The lowest BCUT2D eigenvalue weighted by molar-refractivity contribution is -0.159. The Morgan fingerprint density at radius 2 is 2.29 bits per heavy atom. The van der Waals surface area contributed by atoms with Crippen LogP contribution in [0.1, 0.15) is 12.6 Å². The van der Waals surface area contributed by atoms with Crippen molar-refractivity contribution < 1.29 is 19.1 Å². The Kier molecular flexibility index (Phi) is 5.15. The highest BCUT2D eigenvalue weighted by molar-refractivity contribution is 5.79. The number of aromatic nitrogens is 2. The van der Waals surface area contributed by atoms with Crippen LogP contribution in [0.3, 0.4) is 0 Å². The third-order valence-corrected chi connectivity index (χ3v) is 1.94.